The van der Waals surface area contributed by atoms with Gasteiger partial charge in [0, 0.05) is 0 Å². The van der Waals surface area contributed by atoms with E-state index >= 15 is 0 Å². The Morgan fingerprint density at radius 2 is 0.421 bits per heavy atom. The molecule has 0 atom stereocenters. The van der Waals surface area contributed by atoms with Crippen molar-refractivity contribution in [3.05, 3.63) is 75.3 Å². The second kappa shape index (κ2) is 13.1. The van der Waals surface area contributed by atoms with E-state index in [1.807, 2.05) is 0 Å². The highest BCUT2D eigenvalue weighted by Gasteiger charge is 2.41. The summed E-state index contributed by atoms with van der Waals surface area (Å²) >= 11 is 91.8. The van der Waals surface area contributed by atoms with E-state index in [2.05, 4.69) is 0 Å². The average molecular weight is 843 g/mol. The Morgan fingerprint density at radius 1 is 0.289 bits per heavy atom. The predicted molar refractivity (Wildman–Crippen MR) is 164 cm³/mol. The third-order valence-electron chi connectivity index (χ3n) is 4.12. The van der Waals surface area contributed by atoms with Crippen molar-refractivity contribution >= 4 is 182 Å². The predicted octanol–water partition coefficient (Wildman–Crippen LogP) is 15.1. The molecule has 0 bridgehead atoms. The molecule has 0 saturated carbocycles. The summed E-state index contributed by atoms with van der Waals surface area (Å²) in [7, 11) is -5.20. The Balaban J connectivity index is 2.31. The molecule has 0 aliphatic carbocycles. The summed E-state index contributed by atoms with van der Waals surface area (Å²) < 4.78 is 30.6. The summed E-state index contributed by atoms with van der Waals surface area (Å²) in [6, 6.07) is 0. The van der Waals surface area contributed by atoms with E-state index in [1.165, 1.54) is 0 Å². The topological polar surface area (TPSA) is 44.8 Å². The molecule has 0 N–H and O–H groups in total. The maximum Gasteiger partial charge on any atom is 0.647 e. The van der Waals surface area contributed by atoms with Crippen molar-refractivity contribution in [3.8, 4) is 17.2 Å². The van der Waals surface area contributed by atoms with Gasteiger partial charge in [-0.2, -0.15) is 4.57 Å². The molecule has 3 rings (SSSR count). The van der Waals surface area contributed by atoms with E-state index in [0.717, 1.165) is 0 Å². The summed E-state index contributed by atoms with van der Waals surface area (Å²) in [4.78, 5) is 0. The summed E-state index contributed by atoms with van der Waals surface area (Å²) in [5.74, 6) is -1.85. The molecule has 206 valence electrons. The zero-order valence-electron chi connectivity index (χ0n) is 16.7. The molecule has 20 heteroatoms. The van der Waals surface area contributed by atoms with Crippen LogP contribution in [-0.4, -0.2) is 0 Å². The van der Waals surface area contributed by atoms with Crippen LogP contribution in [0.1, 0.15) is 0 Å². The first-order valence-corrected chi connectivity index (χ1v) is 15.8. The van der Waals surface area contributed by atoms with E-state index in [0.29, 0.717) is 0 Å². The third kappa shape index (κ3) is 6.43. The molecule has 4 nitrogen and oxygen atoms in total. The quantitative estimate of drug-likeness (QED) is 0.141. The molecule has 0 saturated heterocycles. The van der Waals surface area contributed by atoms with Gasteiger partial charge in [-0.1, -0.05) is 174 Å². The molecule has 0 aliphatic rings. The van der Waals surface area contributed by atoms with Crippen LogP contribution in [0.15, 0.2) is 0 Å². The maximum atomic E-state index is 14.2. The summed E-state index contributed by atoms with van der Waals surface area (Å²) in [6.45, 7) is 0. The number of benzene rings is 3. The zero-order valence-corrected chi connectivity index (χ0v) is 29.0. The fraction of sp³-hybridized carbons (Fsp3) is 0. The van der Waals surface area contributed by atoms with Crippen molar-refractivity contribution in [2.24, 2.45) is 0 Å². The molecule has 0 aromatic heterocycles. The highest BCUT2D eigenvalue weighted by atomic mass is 35.5. The van der Waals surface area contributed by atoms with Crippen molar-refractivity contribution in [3.63, 3.8) is 0 Å². The van der Waals surface area contributed by atoms with Gasteiger partial charge in [-0.3, -0.25) is 0 Å². The van der Waals surface area contributed by atoms with Gasteiger partial charge in [-0.05, 0) is 0 Å². The zero-order chi connectivity index (χ0) is 29.0. The molecule has 0 fully saturated rings. The lowest BCUT2D eigenvalue weighted by Crippen LogP contribution is -2.10. The van der Waals surface area contributed by atoms with E-state index in [4.69, 9.17) is 188 Å². The molecular formula is C18Cl15O4P. The van der Waals surface area contributed by atoms with Gasteiger partial charge in [0.1, 0.15) is 30.1 Å². The van der Waals surface area contributed by atoms with E-state index < -0.39 is 55.2 Å². The minimum absolute atomic E-state index is 0.239. The van der Waals surface area contributed by atoms with Crippen molar-refractivity contribution in [2.45, 2.75) is 0 Å². The van der Waals surface area contributed by atoms with Gasteiger partial charge in [0.25, 0.3) is 0 Å². The van der Waals surface area contributed by atoms with Crippen LogP contribution >= 0.6 is 182 Å². The molecule has 0 heterocycles. The molecule has 3 aromatic carbocycles. The van der Waals surface area contributed by atoms with Gasteiger partial charge >= 0.3 is 7.82 Å². The maximum absolute atomic E-state index is 14.2. The smallest absolute Gasteiger partial charge is 0.383 e. The van der Waals surface area contributed by atoms with Crippen LogP contribution in [0.25, 0.3) is 0 Å². The van der Waals surface area contributed by atoms with Crippen LogP contribution < -0.4 is 13.6 Å². The van der Waals surface area contributed by atoms with Crippen LogP contribution in [0.5, 0.6) is 17.2 Å². The highest BCUT2D eigenvalue weighted by Crippen LogP contribution is 2.62. The van der Waals surface area contributed by atoms with E-state index in [9.17, 15) is 4.57 Å². The lowest BCUT2D eigenvalue weighted by Gasteiger charge is -2.24. The van der Waals surface area contributed by atoms with Crippen molar-refractivity contribution in [1.82, 2.24) is 0 Å². The van der Waals surface area contributed by atoms with E-state index in [-0.39, 0.29) is 45.2 Å². The Labute approximate surface area is 289 Å². The molecule has 0 unspecified atom stereocenters. The van der Waals surface area contributed by atoms with Gasteiger partial charge in [-0.15, -0.1) is 0 Å². The first-order chi connectivity index (χ1) is 17.4. The van der Waals surface area contributed by atoms with Gasteiger partial charge < -0.3 is 13.6 Å². The minimum Gasteiger partial charge on any atom is -0.383 e. The van der Waals surface area contributed by atoms with Gasteiger partial charge in [0.15, 0.2) is 17.2 Å². The van der Waals surface area contributed by atoms with Crippen LogP contribution in [-0.2, 0) is 4.57 Å². The molecule has 0 aliphatic heterocycles. The van der Waals surface area contributed by atoms with Crippen LogP contribution in [0.4, 0.5) is 0 Å². The molecule has 38 heavy (non-hydrogen) atoms. The number of hydrogen-bond acceptors (Lipinski definition) is 4. The van der Waals surface area contributed by atoms with Crippen molar-refractivity contribution < 1.29 is 18.1 Å². The molecular weight excluding hydrogens is 843 g/mol. The molecule has 3 aromatic rings. The number of rotatable bonds is 6. The Bertz CT molecular complexity index is 1280. The largest absolute Gasteiger partial charge is 0.647 e. The fourth-order valence-electron chi connectivity index (χ4n) is 2.39. The number of hydrogen-bond donors (Lipinski definition) is 0. The van der Waals surface area contributed by atoms with Gasteiger partial charge in [0.05, 0.1) is 45.2 Å². The molecule has 0 amide bonds. The van der Waals surface area contributed by atoms with Gasteiger partial charge in [0.2, 0.25) is 0 Å². The Morgan fingerprint density at radius 3 is 0.579 bits per heavy atom. The summed E-state index contributed by atoms with van der Waals surface area (Å²) in [6.07, 6.45) is 0. The van der Waals surface area contributed by atoms with E-state index in [1.54, 1.807) is 0 Å². The lowest BCUT2D eigenvalue weighted by molar-refractivity contribution is 0.299. The minimum atomic E-state index is -5.20. The van der Waals surface area contributed by atoms with Crippen LogP contribution in [0.3, 0.4) is 0 Å². The molecule has 0 radical (unpaired) electrons. The second-order valence-electron chi connectivity index (χ2n) is 6.42. The fourth-order valence-corrected chi connectivity index (χ4v) is 7.63. The monoisotopic (exact) mass is 835 g/mol. The van der Waals surface area contributed by atoms with Crippen LogP contribution in [0, 0.1) is 0 Å². The highest BCUT2D eigenvalue weighted by molar-refractivity contribution is 7.49. The number of halogens is 15. The number of phosphoric acid groups is 1. The van der Waals surface area contributed by atoms with Crippen LogP contribution in [0.2, 0.25) is 75.3 Å². The van der Waals surface area contributed by atoms with Crippen molar-refractivity contribution in [1.29, 1.82) is 0 Å². The standard InChI is InChI=1S/C18Cl15O4P/c19-1-4(22)10(28)16(11(29)5(1)23)35-38(34,36-17-12(30)6(24)2(20)7(25)13(17)31)37-18-14(32)8(26)3(21)9(27)15(18)33. The normalized spacial score (nSPS) is 11.7. The lowest BCUT2D eigenvalue weighted by atomic mass is 10.3. The first kappa shape index (κ1) is 34.1. The summed E-state index contributed by atoms with van der Waals surface area (Å²) in [5.41, 5.74) is 0. The SMILES string of the molecule is O=P(Oc1c(Cl)c(Cl)c(Cl)c(Cl)c1Cl)(Oc1c(Cl)c(Cl)c(Cl)c(Cl)c1Cl)Oc1c(Cl)c(Cl)c(Cl)c(Cl)c1Cl. The molecule has 0 spiro atoms. The van der Waals surface area contributed by atoms with Crippen molar-refractivity contribution in [2.75, 3.05) is 0 Å². The van der Waals surface area contributed by atoms with Gasteiger partial charge in [-0.25, -0.2) is 0 Å². The Hall–Kier alpha value is 1.64. The number of phosphoric ester groups is 1. The Kier molecular flexibility index (Phi) is 11.8. The first-order valence-electron chi connectivity index (χ1n) is 8.68. The average Bonchev–Trinajstić information content (AvgIpc) is 2.89. The summed E-state index contributed by atoms with van der Waals surface area (Å²) in [5, 5.41) is -5.39. The third-order valence-corrected chi connectivity index (χ3v) is 12.1. The second-order valence-corrected chi connectivity index (χ2v) is 13.5.